The van der Waals surface area contributed by atoms with E-state index in [9.17, 15) is 24.6 Å². The molecule has 1 aliphatic rings. The maximum atomic E-state index is 12.0. The number of rotatable bonds is 7. The fraction of sp³-hybridized carbons (Fsp3) is 0.261. The summed E-state index contributed by atoms with van der Waals surface area (Å²) in [6, 6.07) is 16.7. The number of amides is 1. The van der Waals surface area contributed by atoms with Crippen LogP contribution in [0.5, 0.6) is 0 Å². The molecule has 3 rings (SSSR count). The van der Waals surface area contributed by atoms with Crippen molar-refractivity contribution < 1.29 is 24.6 Å². The number of carboxylic acid groups (broad SMARTS) is 2. The van der Waals surface area contributed by atoms with Gasteiger partial charge in [0, 0.05) is 24.7 Å². The van der Waals surface area contributed by atoms with Crippen LogP contribution >= 0.6 is 0 Å². The van der Waals surface area contributed by atoms with Crippen molar-refractivity contribution in [3.8, 4) is 0 Å². The fourth-order valence-electron chi connectivity index (χ4n) is 3.25. The van der Waals surface area contributed by atoms with Crippen molar-refractivity contribution >= 4 is 23.5 Å². The molecule has 1 unspecified atom stereocenters. The lowest BCUT2D eigenvalue weighted by atomic mass is 9.85. The molecule has 164 valence electrons. The summed E-state index contributed by atoms with van der Waals surface area (Å²) in [6.45, 7) is 4.84. The van der Waals surface area contributed by atoms with E-state index >= 15 is 0 Å². The van der Waals surface area contributed by atoms with Crippen molar-refractivity contribution in [2.24, 2.45) is 0 Å². The van der Waals surface area contributed by atoms with Crippen molar-refractivity contribution in [2.75, 3.05) is 25.0 Å². The Morgan fingerprint density at radius 1 is 1.03 bits per heavy atom. The lowest BCUT2D eigenvalue weighted by Gasteiger charge is -2.28. The highest BCUT2D eigenvalue weighted by Crippen LogP contribution is 2.33. The molecular weight excluding hydrogens is 398 g/mol. The summed E-state index contributed by atoms with van der Waals surface area (Å²) < 4.78 is 0. The van der Waals surface area contributed by atoms with Gasteiger partial charge in [-0.05, 0) is 41.5 Å². The first-order valence-corrected chi connectivity index (χ1v) is 9.90. The standard InChI is InChI=1S/C19H23N3O.C4H4O4/c1-2-20-13-19(23)22-18-10-6-9-15-16(11-21-12-17(15)18)14-7-4-3-5-8-14;5-3(6)1-2-4(7)8/h3-10,16,20-21H,2,11-13H2,1H3,(H,22,23);1-2H,(H,5,6)(H,7,8)/p-2/b;2-1-. The second kappa shape index (κ2) is 12.3. The van der Waals surface area contributed by atoms with Gasteiger partial charge in [-0.25, -0.2) is 0 Å². The van der Waals surface area contributed by atoms with Crippen LogP contribution in [0.25, 0.3) is 0 Å². The molecule has 0 saturated heterocycles. The van der Waals surface area contributed by atoms with Gasteiger partial charge in [-0.15, -0.1) is 0 Å². The van der Waals surface area contributed by atoms with E-state index in [4.69, 9.17) is 0 Å². The van der Waals surface area contributed by atoms with Crippen LogP contribution in [0.2, 0.25) is 0 Å². The molecule has 1 amide bonds. The topological polar surface area (TPSA) is 133 Å². The third-order valence-electron chi connectivity index (χ3n) is 4.60. The number of likely N-dealkylation sites (N-methyl/N-ethyl adjacent to an activating group) is 1. The molecule has 1 aliphatic heterocycles. The third-order valence-corrected chi connectivity index (χ3v) is 4.60. The molecule has 1 heterocycles. The number of hydrogen-bond acceptors (Lipinski definition) is 7. The lowest BCUT2D eigenvalue weighted by molar-refractivity contribution is -0.301. The Kier molecular flexibility index (Phi) is 9.41. The lowest BCUT2D eigenvalue weighted by Crippen LogP contribution is -2.32. The minimum Gasteiger partial charge on any atom is -0.545 e. The molecule has 0 spiro atoms. The van der Waals surface area contributed by atoms with Gasteiger partial charge < -0.3 is 35.8 Å². The van der Waals surface area contributed by atoms with Crippen molar-refractivity contribution in [3.63, 3.8) is 0 Å². The van der Waals surface area contributed by atoms with E-state index in [0.29, 0.717) is 24.6 Å². The van der Waals surface area contributed by atoms with Crippen LogP contribution in [0.15, 0.2) is 60.7 Å². The quantitative estimate of drug-likeness (QED) is 0.512. The Morgan fingerprint density at radius 2 is 1.71 bits per heavy atom. The van der Waals surface area contributed by atoms with Gasteiger partial charge in [0.25, 0.3) is 0 Å². The van der Waals surface area contributed by atoms with E-state index in [2.05, 4.69) is 46.3 Å². The molecule has 0 aromatic heterocycles. The van der Waals surface area contributed by atoms with Crippen LogP contribution in [0.3, 0.4) is 0 Å². The van der Waals surface area contributed by atoms with Gasteiger partial charge in [0.15, 0.2) is 0 Å². The molecule has 2 aromatic carbocycles. The van der Waals surface area contributed by atoms with E-state index in [0.717, 1.165) is 25.3 Å². The number of nitrogens with one attached hydrogen (secondary N) is 3. The second-order valence-corrected chi connectivity index (χ2v) is 6.77. The Bertz CT molecular complexity index is 912. The minimum atomic E-state index is -1.55. The average molecular weight is 423 g/mol. The molecule has 8 nitrogen and oxygen atoms in total. The van der Waals surface area contributed by atoms with Gasteiger partial charge in [0.2, 0.25) is 5.91 Å². The van der Waals surface area contributed by atoms with Crippen LogP contribution in [-0.4, -0.2) is 37.5 Å². The summed E-state index contributed by atoms with van der Waals surface area (Å²) in [4.78, 5) is 30.8. The van der Waals surface area contributed by atoms with Gasteiger partial charge >= 0.3 is 0 Å². The third kappa shape index (κ3) is 7.69. The molecule has 2 aromatic rings. The highest BCUT2D eigenvalue weighted by atomic mass is 16.4. The number of carbonyl (C=O) groups is 3. The Labute approximate surface area is 181 Å². The first kappa shape index (κ1) is 23.8. The average Bonchev–Trinajstić information content (AvgIpc) is 2.77. The molecule has 0 fully saturated rings. The molecular formula is C23H25N3O5-2. The van der Waals surface area contributed by atoms with Gasteiger partial charge in [-0.1, -0.05) is 49.4 Å². The minimum absolute atomic E-state index is 0.00193. The first-order valence-electron chi connectivity index (χ1n) is 9.90. The van der Waals surface area contributed by atoms with Gasteiger partial charge in [-0.2, -0.15) is 0 Å². The number of carboxylic acids is 2. The van der Waals surface area contributed by atoms with Crippen molar-refractivity contribution in [3.05, 3.63) is 77.4 Å². The summed E-state index contributed by atoms with van der Waals surface area (Å²) in [6.07, 6.45) is 0.769. The van der Waals surface area contributed by atoms with E-state index in [1.807, 2.05) is 25.1 Å². The molecule has 1 atom stereocenters. The Morgan fingerprint density at radius 3 is 2.32 bits per heavy atom. The number of aliphatic carboxylic acids is 2. The fourth-order valence-corrected chi connectivity index (χ4v) is 3.25. The number of anilines is 1. The number of carbonyl (C=O) groups excluding carboxylic acids is 3. The molecule has 0 radical (unpaired) electrons. The number of fused-ring (bicyclic) bond motifs is 1. The highest BCUT2D eigenvalue weighted by molar-refractivity contribution is 5.93. The SMILES string of the molecule is CCNCC(=O)Nc1cccc2c1CNCC2c1ccccc1.O=C([O-])/C=C\C(=O)[O-]. The molecule has 3 N–H and O–H groups in total. The Balaban J connectivity index is 0.000000366. The molecule has 0 aliphatic carbocycles. The maximum absolute atomic E-state index is 12.0. The summed E-state index contributed by atoms with van der Waals surface area (Å²) in [5, 5.41) is 28.4. The summed E-state index contributed by atoms with van der Waals surface area (Å²) in [7, 11) is 0. The van der Waals surface area contributed by atoms with Gasteiger partial charge in [-0.3, -0.25) is 4.79 Å². The van der Waals surface area contributed by atoms with Crippen LogP contribution in [0.4, 0.5) is 5.69 Å². The zero-order chi connectivity index (χ0) is 22.6. The van der Waals surface area contributed by atoms with E-state index in [-0.39, 0.29) is 5.91 Å². The highest BCUT2D eigenvalue weighted by Gasteiger charge is 2.23. The van der Waals surface area contributed by atoms with Crippen molar-refractivity contribution in [1.29, 1.82) is 0 Å². The number of hydrogen-bond donors (Lipinski definition) is 3. The summed E-state index contributed by atoms with van der Waals surface area (Å²) in [5.41, 5.74) is 4.71. The monoisotopic (exact) mass is 423 g/mol. The molecule has 31 heavy (non-hydrogen) atoms. The van der Waals surface area contributed by atoms with Gasteiger partial charge in [0.05, 0.1) is 18.5 Å². The van der Waals surface area contributed by atoms with Crippen molar-refractivity contribution in [2.45, 2.75) is 19.4 Å². The van der Waals surface area contributed by atoms with E-state index in [1.54, 1.807) is 0 Å². The van der Waals surface area contributed by atoms with E-state index < -0.39 is 11.9 Å². The predicted molar refractivity (Wildman–Crippen MR) is 113 cm³/mol. The zero-order valence-electron chi connectivity index (χ0n) is 17.2. The largest absolute Gasteiger partial charge is 0.545 e. The summed E-state index contributed by atoms with van der Waals surface area (Å²) >= 11 is 0. The first-order chi connectivity index (χ1) is 14.9. The normalized spacial score (nSPS) is 14.8. The van der Waals surface area contributed by atoms with Crippen LogP contribution in [-0.2, 0) is 20.9 Å². The predicted octanol–water partition coefficient (Wildman–Crippen LogP) is -0.488. The Hall–Kier alpha value is -3.49. The van der Waals surface area contributed by atoms with Crippen LogP contribution in [0, 0.1) is 0 Å². The second-order valence-electron chi connectivity index (χ2n) is 6.77. The maximum Gasteiger partial charge on any atom is 0.238 e. The van der Waals surface area contributed by atoms with Gasteiger partial charge in [0.1, 0.15) is 0 Å². The molecule has 0 bridgehead atoms. The van der Waals surface area contributed by atoms with Crippen molar-refractivity contribution in [1.82, 2.24) is 10.6 Å². The summed E-state index contributed by atoms with van der Waals surface area (Å²) in [5.74, 6) is -2.77. The van der Waals surface area contributed by atoms with Crippen LogP contribution in [0.1, 0.15) is 29.5 Å². The smallest absolute Gasteiger partial charge is 0.238 e. The van der Waals surface area contributed by atoms with E-state index in [1.165, 1.54) is 16.7 Å². The zero-order valence-corrected chi connectivity index (χ0v) is 17.2. The molecule has 8 heteroatoms. The van der Waals surface area contributed by atoms with Crippen LogP contribution < -0.4 is 26.2 Å². The molecule has 0 saturated carbocycles. The number of benzene rings is 2.